The Bertz CT molecular complexity index is 624. The molecule has 0 unspecified atom stereocenters. The predicted molar refractivity (Wildman–Crippen MR) is 65.5 cm³/mol. The summed E-state index contributed by atoms with van der Waals surface area (Å²) in [6.07, 6.45) is -2.09. The van der Waals surface area contributed by atoms with E-state index >= 15 is 0 Å². The maximum Gasteiger partial charge on any atom is 0.573 e. The van der Waals surface area contributed by atoms with Gasteiger partial charge in [0.05, 0.1) is 5.56 Å². The zero-order valence-corrected chi connectivity index (χ0v) is 10.4. The normalized spacial score (nSPS) is 11.2. The van der Waals surface area contributed by atoms with E-state index < -0.39 is 17.9 Å². The molecule has 1 heterocycles. The summed E-state index contributed by atoms with van der Waals surface area (Å²) < 4.78 is 41.0. The van der Waals surface area contributed by atoms with Crippen molar-refractivity contribution in [1.82, 2.24) is 4.98 Å². The monoisotopic (exact) mass is 281 g/mol. The van der Waals surface area contributed by atoms with Crippen molar-refractivity contribution >= 4 is 5.78 Å². The van der Waals surface area contributed by atoms with E-state index in [2.05, 4.69) is 9.72 Å². The highest BCUT2D eigenvalue weighted by molar-refractivity contribution is 6.10. The highest BCUT2D eigenvalue weighted by Gasteiger charge is 2.33. The number of nitrogens with zero attached hydrogens (tertiary/aromatic N) is 1. The van der Waals surface area contributed by atoms with Crippen molar-refractivity contribution in [3.05, 3.63) is 59.4 Å². The highest BCUT2D eigenvalue weighted by Crippen LogP contribution is 2.29. The third kappa shape index (κ3) is 3.34. The highest BCUT2D eigenvalue weighted by atomic mass is 19.4. The Balaban J connectivity index is 2.43. The van der Waals surface area contributed by atoms with E-state index in [1.165, 1.54) is 36.7 Å². The van der Waals surface area contributed by atoms with Gasteiger partial charge in [0.15, 0.2) is 5.78 Å². The minimum absolute atomic E-state index is 0.152. The van der Waals surface area contributed by atoms with Crippen molar-refractivity contribution in [3.8, 4) is 5.75 Å². The molecule has 0 N–H and O–H groups in total. The minimum Gasteiger partial charge on any atom is -0.405 e. The topological polar surface area (TPSA) is 39.2 Å². The Hall–Kier alpha value is -2.37. The number of rotatable bonds is 3. The molecule has 0 atom stereocenters. The third-order valence-electron chi connectivity index (χ3n) is 2.53. The van der Waals surface area contributed by atoms with Gasteiger partial charge < -0.3 is 4.74 Å². The molecule has 1 aromatic heterocycles. The van der Waals surface area contributed by atoms with Crippen LogP contribution < -0.4 is 4.74 Å². The lowest BCUT2D eigenvalue weighted by Gasteiger charge is -2.13. The molecule has 0 saturated carbocycles. The summed E-state index contributed by atoms with van der Waals surface area (Å²) in [6.45, 7) is 1.61. The molecule has 20 heavy (non-hydrogen) atoms. The number of hydrogen-bond acceptors (Lipinski definition) is 3. The molecule has 0 aliphatic rings. The number of aryl methyl sites for hydroxylation is 1. The van der Waals surface area contributed by atoms with Gasteiger partial charge in [0.2, 0.25) is 0 Å². The SMILES string of the molecule is Cc1ccc(C(=O)c2cccnc2)c(OC(F)(F)F)c1. The van der Waals surface area contributed by atoms with Gasteiger partial charge in [-0.2, -0.15) is 0 Å². The van der Waals surface area contributed by atoms with E-state index in [1.54, 1.807) is 13.0 Å². The van der Waals surface area contributed by atoms with Crippen molar-refractivity contribution in [3.63, 3.8) is 0 Å². The van der Waals surface area contributed by atoms with Gasteiger partial charge >= 0.3 is 6.36 Å². The van der Waals surface area contributed by atoms with E-state index in [0.717, 1.165) is 0 Å². The second kappa shape index (κ2) is 5.32. The number of pyridine rings is 1. The number of carbonyl (C=O) groups is 1. The molecule has 2 aromatic rings. The maximum absolute atomic E-state index is 12.4. The summed E-state index contributed by atoms with van der Waals surface area (Å²) in [4.78, 5) is 15.9. The van der Waals surface area contributed by atoms with Gasteiger partial charge in [-0.05, 0) is 36.8 Å². The second-order valence-corrected chi connectivity index (χ2v) is 4.12. The van der Waals surface area contributed by atoms with Gasteiger partial charge in [0.1, 0.15) is 5.75 Å². The van der Waals surface area contributed by atoms with Gasteiger partial charge in [-0.3, -0.25) is 9.78 Å². The zero-order valence-electron chi connectivity index (χ0n) is 10.4. The van der Waals surface area contributed by atoms with E-state index in [0.29, 0.717) is 5.56 Å². The molecular formula is C14H10F3NO2. The largest absolute Gasteiger partial charge is 0.573 e. The molecule has 0 bridgehead atoms. The lowest BCUT2D eigenvalue weighted by Crippen LogP contribution is -2.19. The molecule has 1 aromatic carbocycles. The van der Waals surface area contributed by atoms with Crippen LogP contribution in [0.4, 0.5) is 13.2 Å². The maximum atomic E-state index is 12.4. The second-order valence-electron chi connectivity index (χ2n) is 4.12. The molecule has 0 aliphatic heterocycles. The summed E-state index contributed by atoms with van der Waals surface area (Å²) in [5, 5.41) is 0. The van der Waals surface area contributed by atoms with Crippen molar-refractivity contribution in [2.45, 2.75) is 13.3 Å². The van der Waals surface area contributed by atoms with Crippen LogP contribution in [0.25, 0.3) is 0 Å². The molecule has 0 fully saturated rings. The quantitative estimate of drug-likeness (QED) is 0.808. The zero-order chi connectivity index (χ0) is 14.8. The summed E-state index contributed by atoms with van der Waals surface area (Å²) in [6, 6.07) is 7.05. The molecule has 104 valence electrons. The van der Waals surface area contributed by atoms with Crippen LogP contribution in [0.3, 0.4) is 0 Å². The van der Waals surface area contributed by atoms with Crippen LogP contribution in [0.2, 0.25) is 0 Å². The molecular weight excluding hydrogens is 271 g/mol. The first-order valence-electron chi connectivity index (χ1n) is 5.68. The summed E-state index contributed by atoms with van der Waals surface area (Å²) in [5.74, 6) is -1.08. The van der Waals surface area contributed by atoms with Gasteiger partial charge in [0, 0.05) is 18.0 Å². The minimum atomic E-state index is -4.85. The molecule has 2 rings (SSSR count). The molecule has 0 amide bonds. The van der Waals surface area contributed by atoms with Crippen molar-refractivity contribution in [2.24, 2.45) is 0 Å². The van der Waals surface area contributed by atoms with Gasteiger partial charge in [-0.1, -0.05) is 6.07 Å². The Morgan fingerprint density at radius 1 is 1.25 bits per heavy atom. The number of carbonyl (C=O) groups excluding carboxylic acids is 1. The summed E-state index contributed by atoms with van der Waals surface area (Å²) in [5.41, 5.74) is 0.608. The van der Waals surface area contributed by atoms with Crippen LogP contribution in [-0.4, -0.2) is 17.1 Å². The molecule has 0 spiro atoms. The first-order chi connectivity index (χ1) is 9.37. The van der Waals surface area contributed by atoms with E-state index in [9.17, 15) is 18.0 Å². The number of ketones is 1. The van der Waals surface area contributed by atoms with Crippen LogP contribution in [0.15, 0.2) is 42.7 Å². The Kier molecular flexibility index (Phi) is 3.74. The van der Waals surface area contributed by atoms with E-state index in [4.69, 9.17) is 0 Å². The first kappa shape index (κ1) is 14.0. The number of ether oxygens (including phenoxy) is 1. The fraction of sp³-hybridized carbons (Fsp3) is 0.143. The first-order valence-corrected chi connectivity index (χ1v) is 5.68. The molecule has 3 nitrogen and oxygen atoms in total. The van der Waals surface area contributed by atoms with Crippen LogP contribution in [0.1, 0.15) is 21.5 Å². The molecule has 6 heteroatoms. The summed E-state index contributed by atoms with van der Waals surface area (Å²) >= 11 is 0. The van der Waals surface area contributed by atoms with Crippen LogP contribution >= 0.6 is 0 Å². The third-order valence-corrected chi connectivity index (χ3v) is 2.53. The predicted octanol–water partition coefficient (Wildman–Crippen LogP) is 3.52. The Morgan fingerprint density at radius 2 is 2.00 bits per heavy atom. The lowest BCUT2D eigenvalue weighted by molar-refractivity contribution is -0.274. The average molecular weight is 281 g/mol. The van der Waals surface area contributed by atoms with E-state index in [-0.39, 0.29) is 11.1 Å². The number of aromatic nitrogens is 1. The van der Waals surface area contributed by atoms with Gasteiger partial charge in [-0.25, -0.2) is 0 Å². The fourth-order valence-corrected chi connectivity index (χ4v) is 1.68. The van der Waals surface area contributed by atoms with Crippen molar-refractivity contribution < 1.29 is 22.7 Å². The van der Waals surface area contributed by atoms with Gasteiger partial charge in [-0.15, -0.1) is 13.2 Å². The molecule has 0 aliphatic carbocycles. The standard InChI is InChI=1S/C14H10F3NO2/c1-9-4-5-11(12(7-9)20-14(15,16)17)13(19)10-3-2-6-18-8-10/h2-8H,1H3. The van der Waals surface area contributed by atoms with Crippen LogP contribution in [-0.2, 0) is 0 Å². The molecule has 0 radical (unpaired) electrons. The van der Waals surface area contributed by atoms with Crippen molar-refractivity contribution in [2.75, 3.05) is 0 Å². The number of hydrogen-bond donors (Lipinski definition) is 0. The lowest BCUT2D eigenvalue weighted by atomic mass is 10.0. The Labute approximate surface area is 113 Å². The Morgan fingerprint density at radius 3 is 2.60 bits per heavy atom. The summed E-state index contributed by atoms with van der Waals surface area (Å²) in [7, 11) is 0. The van der Waals surface area contributed by atoms with E-state index in [1.807, 2.05) is 0 Å². The smallest absolute Gasteiger partial charge is 0.405 e. The number of benzene rings is 1. The van der Waals surface area contributed by atoms with Crippen molar-refractivity contribution in [1.29, 1.82) is 0 Å². The van der Waals surface area contributed by atoms with Crippen LogP contribution in [0.5, 0.6) is 5.75 Å². The number of alkyl halides is 3. The average Bonchev–Trinajstić information content (AvgIpc) is 2.37. The molecule has 0 saturated heterocycles. The van der Waals surface area contributed by atoms with Gasteiger partial charge in [0.25, 0.3) is 0 Å². The van der Waals surface area contributed by atoms with Crippen LogP contribution in [0, 0.1) is 6.92 Å². The number of halogens is 3. The fourth-order valence-electron chi connectivity index (χ4n) is 1.68.